The normalized spacial score (nSPS) is 17.4. The van der Waals surface area contributed by atoms with Gasteiger partial charge in [0.1, 0.15) is 5.82 Å². The lowest BCUT2D eigenvalue weighted by Gasteiger charge is -2.32. The first-order valence-corrected chi connectivity index (χ1v) is 8.98. The van der Waals surface area contributed by atoms with E-state index in [0.29, 0.717) is 6.54 Å². The maximum atomic E-state index is 13.8. The van der Waals surface area contributed by atoms with E-state index in [9.17, 15) is 9.18 Å². The minimum absolute atomic E-state index is 0.00308. The Balaban J connectivity index is 1.59. The summed E-state index contributed by atoms with van der Waals surface area (Å²) in [4.78, 5) is 14.5. The molecule has 1 heterocycles. The van der Waals surface area contributed by atoms with Crippen molar-refractivity contribution in [2.24, 2.45) is 5.92 Å². The molecule has 1 fully saturated rings. The number of benzene rings is 2. The maximum Gasteiger partial charge on any atom is 0.254 e. The number of hydrogen-bond acceptors (Lipinski definition) is 2. The highest BCUT2D eigenvalue weighted by atomic mass is 35.5. The highest BCUT2D eigenvalue weighted by Gasteiger charge is 2.16. The summed E-state index contributed by atoms with van der Waals surface area (Å²) in [5.74, 6) is -0.329. The molecule has 0 spiro atoms. The molecule has 1 saturated heterocycles. The van der Waals surface area contributed by atoms with E-state index in [1.165, 1.54) is 30.7 Å². The second kappa shape index (κ2) is 7.87. The van der Waals surface area contributed by atoms with Crippen LogP contribution in [0.3, 0.4) is 0 Å². The van der Waals surface area contributed by atoms with E-state index in [2.05, 4.69) is 29.3 Å². The molecule has 2 aromatic rings. The first-order chi connectivity index (χ1) is 12.0. The molecule has 0 saturated carbocycles. The molecule has 1 aliphatic rings. The number of halogens is 2. The molecule has 1 aliphatic heterocycles. The molecule has 0 aliphatic carbocycles. The molecule has 3 nitrogen and oxygen atoms in total. The van der Waals surface area contributed by atoms with Gasteiger partial charge in [0.05, 0.1) is 5.56 Å². The summed E-state index contributed by atoms with van der Waals surface area (Å²) in [6, 6.07) is 12.2. The van der Waals surface area contributed by atoms with Crippen molar-refractivity contribution in [2.45, 2.75) is 26.3 Å². The summed E-state index contributed by atoms with van der Waals surface area (Å²) in [7, 11) is 0. The van der Waals surface area contributed by atoms with Gasteiger partial charge in [0.15, 0.2) is 0 Å². The lowest BCUT2D eigenvalue weighted by Crippen LogP contribution is -2.34. The molecule has 1 N–H and O–H groups in total. The van der Waals surface area contributed by atoms with Gasteiger partial charge in [-0.15, -0.1) is 0 Å². The number of nitrogens with zero attached hydrogens (tertiary/aromatic N) is 1. The van der Waals surface area contributed by atoms with E-state index in [-0.39, 0.29) is 10.6 Å². The third-order valence-electron chi connectivity index (χ3n) is 4.59. The minimum atomic E-state index is -0.612. The Labute approximate surface area is 152 Å². The molecule has 5 heteroatoms. The van der Waals surface area contributed by atoms with E-state index in [4.69, 9.17) is 11.6 Å². The Morgan fingerprint density at radius 3 is 2.72 bits per heavy atom. The second-order valence-electron chi connectivity index (χ2n) is 6.67. The van der Waals surface area contributed by atoms with Crippen molar-refractivity contribution < 1.29 is 9.18 Å². The van der Waals surface area contributed by atoms with Crippen LogP contribution in [0.25, 0.3) is 0 Å². The van der Waals surface area contributed by atoms with Gasteiger partial charge in [-0.1, -0.05) is 30.7 Å². The zero-order valence-corrected chi connectivity index (χ0v) is 15.0. The van der Waals surface area contributed by atoms with Crippen LogP contribution in [0.1, 0.15) is 35.7 Å². The smallest absolute Gasteiger partial charge is 0.254 e. The van der Waals surface area contributed by atoms with E-state index in [1.54, 1.807) is 0 Å². The van der Waals surface area contributed by atoms with Gasteiger partial charge in [-0.3, -0.25) is 4.79 Å². The fourth-order valence-electron chi connectivity index (χ4n) is 3.20. The van der Waals surface area contributed by atoms with Crippen molar-refractivity contribution in [3.8, 4) is 0 Å². The first kappa shape index (κ1) is 17.7. The van der Waals surface area contributed by atoms with Gasteiger partial charge in [0.25, 0.3) is 5.91 Å². The van der Waals surface area contributed by atoms with Crippen molar-refractivity contribution >= 4 is 23.2 Å². The zero-order valence-electron chi connectivity index (χ0n) is 14.3. The number of anilines is 1. The molecule has 0 bridgehead atoms. The average molecular weight is 361 g/mol. The van der Waals surface area contributed by atoms with Crippen molar-refractivity contribution in [1.29, 1.82) is 0 Å². The Morgan fingerprint density at radius 1 is 1.28 bits per heavy atom. The quantitative estimate of drug-likeness (QED) is 0.861. The minimum Gasteiger partial charge on any atom is -0.371 e. The van der Waals surface area contributed by atoms with Gasteiger partial charge < -0.3 is 10.2 Å². The predicted molar refractivity (Wildman–Crippen MR) is 99.6 cm³/mol. The Hall–Kier alpha value is -2.07. The second-order valence-corrected chi connectivity index (χ2v) is 7.10. The SMILES string of the molecule is C[C@@H]1CCCN(c2ccc(CNC(=O)c3ccc(Cl)cc3F)cc2)C1. The molecule has 25 heavy (non-hydrogen) atoms. The predicted octanol–water partition coefficient (Wildman–Crippen LogP) is 4.65. The monoisotopic (exact) mass is 360 g/mol. The van der Waals surface area contributed by atoms with Gasteiger partial charge >= 0.3 is 0 Å². The molecular formula is C20H22ClFN2O. The van der Waals surface area contributed by atoms with E-state index >= 15 is 0 Å². The number of carbonyl (C=O) groups excluding carboxylic acids is 1. The summed E-state index contributed by atoms with van der Waals surface area (Å²) in [6.45, 7) is 4.83. The highest BCUT2D eigenvalue weighted by molar-refractivity contribution is 6.30. The van der Waals surface area contributed by atoms with Gasteiger partial charge in [0.2, 0.25) is 0 Å². The molecule has 2 aromatic carbocycles. The topological polar surface area (TPSA) is 32.3 Å². The van der Waals surface area contributed by atoms with Crippen LogP contribution in [0.2, 0.25) is 5.02 Å². The summed E-state index contributed by atoms with van der Waals surface area (Å²) in [5.41, 5.74) is 2.20. The fraction of sp³-hybridized carbons (Fsp3) is 0.350. The molecule has 1 atom stereocenters. The zero-order chi connectivity index (χ0) is 17.8. The molecular weight excluding hydrogens is 339 g/mol. The summed E-state index contributed by atoms with van der Waals surface area (Å²) >= 11 is 5.71. The van der Waals surface area contributed by atoms with E-state index < -0.39 is 11.7 Å². The van der Waals surface area contributed by atoms with Crippen LogP contribution in [-0.2, 0) is 6.54 Å². The lowest BCUT2D eigenvalue weighted by molar-refractivity contribution is 0.0947. The van der Waals surface area contributed by atoms with Crippen LogP contribution < -0.4 is 10.2 Å². The van der Waals surface area contributed by atoms with Crippen molar-refractivity contribution in [3.63, 3.8) is 0 Å². The van der Waals surface area contributed by atoms with Gasteiger partial charge in [-0.25, -0.2) is 4.39 Å². The number of piperidine rings is 1. The van der Waals surface area contributed by atoms with Crippen LogP contribution in [0, 0.1) is 11.7 Å². The lowest BCUT2D eigenvalue weighted by atomic mass is 9.99. The molecule has 3 rings (SSSR count). The Bertz CT molecular complexity index is 748. The maximum absolute atomic E-state index is 13.8. The molecule has 0 unspecified atom stereocenters. The first-order valence-electron chi connectivity index (χ1n) is 8.60. The van der Waals surface area contributed by atoms with Crippen molar-refractivity contribution in [2.75, 3.05) is 18.0 Å². The molecule has 0 aromatic heterocycles. The van der Waals surface area contributed by atoms with Crippen LogP contribution in [0.5, 0.6) is 0 Å². The van der Waals surface area contributed by atoms with Crippen LogP contribution in [0.15, 0.2) is 42.5 Å². The molecule has 132 valence electrons. The number of amides is 1. The molecule has 1 amide bonds. The number of rotatable bonds is 4. The van der Waals surface area contributed by atoms with Gasteiger partial charge in [-0.05, 0) is 54.7 Å². The van der Waals surface area contributed by atoms with Gasteiger partial charge in [-0.2, -0.15) is 0 Å². The average Bonchev–Trinajstić information content (AvgIpc) is 2.60. The number of nitrogens with one attached hydrogen (secondary N) is 1. The van der Waals surface area contributed by atoms with Crippen molar-refractivity contribution in [1.82, 2.24) is 5.32 Å². The number of hydrogen-bond donors (Lipinski definition) is 1. The fourth-order valence-corrected chi connectivity index (χ4v) is 3.36. The molecule has 0 radical (unpaired) electrons. The van der Waals surface area contributed by atoms with Crippen molar-refractivity contribution in [3.05, 3.63) is 64.4 Å². The van der Waals surface area contributed by atoms with E-state index in [1.807, 2.05) is 12.1 Å². The standard InChI is InChI=1S/C20H22ClFN2O/c1-14-3-2-10-24(13-14)17-7-4-15(5-8-17)12-23-20(25)18-9-6-16(21)11-19(18)22/h4-9,11,14H,2-3,10,12-13H2,1H3,(H,23,25)/t14-/m1/s1. The largest absolute Gasteiger partial charge is 0.371 e. The Morgan fingerprint density at radius 2 is 2.04 bits per heavy atom. The summed E-state index contributed by atoms with van der Waals surface area (Å²) < 4.78 is 13.8. The third kappa shape index (κ3) is 4.51. The van der Waals surface area contributed by atoms with Gasteiger partial charge in [0, 0.05) is 30.3 Å². The van der Waals surface area contributed by atoms with Crippen LogP contribution in [0.4, 0.5) is 10.1 Å². The van der Waals surface area contributed by atoms with Crippen LogP contribution >= 0.6 is 11.6 Å². The highest BCUT2D eigenvalue weighted by Crippen LogP contribution is 2.23. The van der Waals surface area contributed by atoms with E-state index in [0.717, 1.165) is 30.6 Å². The third-order valence-corrected chi connectivity index (χ3v) is 4.82. The number of carbonyl (C=O) groups is 1. The summed E-state index contributed by atoms with van der Waals surface area (Å²) in [5, 5.41) is 3.02. The van der Waals surface area contributed by atoms with Crippen LogP contribution in [-0.4, -0.2) is 19.0 Å². The summed E-state index contributed by atoms with van der Waals surface area (Å²) in [6.07, 6.45) is 2.52. The Kier molecular flexibility index (Phi) is 5.59.